The van der Waals surface area contributed by atoms with Crippen molar-refractivity contribution in [2.24, 2.45) is 0 Å². The molecule has 1 saturated heterocycles. The van der Waals surface area contributed by atoms with Crippen LogP contribution < -0.4 is 0 Å². The Morgan fingerprint density at radius 2 is 2.08 bits per heavy atom. The molecule has 0 aliphatic carbocycles. The van der Waals surface area contributed by atoms with Crippen LogP contribution in [0.5, 0.6) is 0 Å². The Morgan fingerprint density at radius 1 is 1.33 bits per heavy atom. The van der Waals surface area contributed by atoms with Crippen molar-refractivity contribution in [1.82, 2.24) is 14.9 Å². The fraction of sp³-hybridized carbons (Fsp3) is 0.471. The van der Waals surface area contributed by atoms with Crippen molar-refractivity contribution in [3.8, 4) is 0 Å². The van der Waals surface area contributed by atoms with Crippen molar-refractivity contribution in [3.63, 3.8) is 0 Å². The summed E-state index contributed by atoms with van der Waals surface area (Å²) in [6.07, 6.45) is 0. The number of carbonyl (C=O) groups excluding carboxylic acids is 1. The van der Waals surface area contributed by atoms with Gasteiger partial charge in [-0.25, -0.2) is 9.97 Å². The number of nitrogens with zero attached hydrogens (tertiary/aromatic N) is 3. The molecular formula is C17H21N3O3S. The van der Waals surface area contributed by atoms with Gasteiger partial charge < -0.3 is 9.47 Å². The van der Waals surface area contributed by atoms with Gasteiger partial charge >= 0.3 is 5.97 Å². The van der Waals surface area contributed by atoms with Crippen molar-refractivity contribution in [2.75, 3.05) is 33.4 Å². The molecule has 1 unspecified atom stereocenters. The Bertz CT molecular complexity index is 719. The molecule has 6 nitrogen and oxygen atoms in total. The smallest absolute Gasteiger partial charge is 0.318 e. The molecule has 0 spiro atoms. The van der Waals surface area contributed by atoms with Crippen LogP contribution in [0.2, 0.25) is 0 Å². The molecule has 0 amide bonds. The summed E-state index contributed by atoms with van der Waals surface area (Å²) < 4.78 is 10.2. The van der Waals surface area contributed by atoms with E-state index in [2.05, 4.69) is 9.88 Å². The minimum absolute atomic E-state index is 0.252. The number of carbonyl (C=O) groups is 1. The molecule has 1 aliphatic heterocycles. The summed E-state index contributed by atoms with van der Waals surface area (Å²) in [6, 6.07) is 7.89. The third-order valence-corrected chi connectivity index (χ3v) is 4.99. The van der Waals surface area contributed by atoms with E-state index in [1.165, 1.54) is 18.9 Å². The van der Waals surface area contributed by atoms with Crippen molar-refractivity contribution >= 4 is 28.6 Å². The first-order valence-corrected chi connectivity index (χ1v) is 8.85. The maximum atomic E-state index is 11.7. The van der Waals surface area contributed by atoms with Crippen molar-refractivity contribution in [2.45, 2.75) is 23.7 Å². The Kier molecular flexibility index (Phi) is 5.65. The van der Waals surface area contributed by atoms with E-state index in [0.717, 1.165) is 48.1 Å². The molecule has 7 heteroatoms. The number of methoxy groups -OCH3 is 1. The summed E-state index contributed by atoms with van der Waals surface area (Å²) in [6.45, 7) is 5.78. The number of benzene rings is 1. The minimum Gasteiger partial charge on any atom is -0.468 e. The van der Waals surface area contributed by atoms with E-state index in [4.69, 9.17) is 14.5 Å². The fourth-order valence-electron chi connectivity index (χ4n) is 2.59. The van der Waals surface area contributed by atoms with Crippen LogP contribution in [0.1, 0.15) is 12.7 Å². The summed E-state index contributed by atoms with van der Waals surface area (Å²) in [4.78, 5) is 23.4. The average Bonchev–Trinajstić information content (AvgIpc) is 2.62. The lowest BCUT2D eigenvalue weighted by molar-refractivity contribution is -0.139. The number of morpholine rings is 1. The maximum Gasteiger partial charge on any atom is 0.318 e. The van der Waals surface area contributed by atoms with Crippen LogP contribution in [0.25, 0.3) is 10.9 Å². The number of esters is 1. The van der Waals surface area contributed by atoms with E-state index in [0.29, 0.717) is 6.54 Å². The van der Waals surface area contributed by atoms with Crippen molar-refractivity contribution < 1.29 is 14.3 Å². The number of rotatable bonds is 5. The lowest BCUT2D eigenvalue weighted by atomic mass is 10.2. The average molecular weight is 347 g/mol. The molecule has 1 atom stereocenters. The molecule has 0 bridgehead atoms. The number of hydrogen-bond donors (Lipinski definition) is 0. The van der Waals surface area contributed by atoms with E-state index in [9.17, 15) is 4.79 Å². The maximum absolute atomic E-state index is 11.7. The van der Waals surface area contributed by atoms with Gasteiger partial charge in [-0.1, -0.05) is 30.0 Å². The molecule has 1 aromatic carbocycles. The number of fused-ring (bicyclic) bond motifs is 1. The zero-order valence-corrected chi connectivity index (χ0v) is 14.7. The molecule has 2 aromatic rings. The van der Waals surface area contributed by atoms with Crippen molar-refractivity contribution in [1.29, 1.82) is 0 Å². The molecular weight excluding hydrogens is 326 g/mol. The number of aromatic nitrogens is 2. The van der Waals surface area contributed by atoms with E-state index < -0.39 is 0 Å². The summed E-state index contributed by atoms with van der Waals surface area (Å²) in [5.41, 5.74) is 0.898. The highest BCUT2D eigenvalue weighted by Gasteiger charge is 2.19. The normalized spacial score (nSPS) is 16.9. The highest BCUT2D eigenvalue weighted by molar-refractivity contribution is 8.00. The summed E-state index contributed by atoms with van der Waals surface area (Å²) in [5.74, 6) is 0.521. The second-order valence-electron chi connectivity index (χ2n) is 5.63. The fourth-order valence-corrected chi connectivity index (χ4v) is 3.58. The predicted molar refractivity (Wildman–Crippen MR) is 93.0 cm³/mol. The van der Waals surface area contributed by atoms with Crippen LogP contribution in [0.15, 0.2) is 29.3 Å². The van der Waals surface area contributed by atoms with Gasteiger partial charge in [0, 0.05) is 18.5 Å². The number of ether oxygens (including phenoxy) is 2. The van der Waals surface area contributed by atoms with Crippen LogP contribution in [0.3, 0.4) is 0 Å². The highest BCUT2D eigenvalue weighted by Crippen LogP contribution is 2.29. The third-order valence-electron chi connectivity index (χ3n) is 3.90. The Hall–Kier alpha value is -1.70. The number of hydrogen-bond acceptors (Lipinski definition) is 7. The molecule has 0 saturated carbocycles. The topological polar surface area (TPSA) is 64.5 Å². The Morgan fingerprint density at radius 3 is 2.83 bits per heavy atom. The SMILES string of the molecule is COC(=O)C(C)Sc1nc(CN2CCOCC2)nc2ccccc12. The van der Waals surface area contributed by atoms with E-state index in [1.54, 1.807) is 0 Å². The van der Waals surface area contributed by atoms with Gasteiger partial charge in [0.1, 0.15) is 16.1 Å². The quantitative estimate of drug-likeness (QED) is 0.466. The molecule has 1 aliphatic rings. The Labute approximate surface area is 145 Å². The molecule has 0 radical (unpaired) electrons. The first-order chi connectivity index (χ1) is 11.7. The highest BCUT2D eigenvalue weighted by atomic mass is 32.2. The van der Waals surface area contributed by atoms with Crippen LogP contribution >= 0.6 is 11.8 Å². The van der Waals surface area contributed by atoms with Gasteiger partial charge in [-0.2, -0.15) is 0 Å². The van der Waals surface area contributed by atoms with E-state index >= 15 is 0 Å². The second-order valence-corrected chi connectivity index (χ2v) is 6.96. The molecule has 1 aromatic heterocycles. The van der Waals surface area contributed by atoms with Crippen LogP contribution in [0, 0.1) is 0 Å². The number of thioether (sulfide) groups is 1. The van der Waals surface area contributed by atoms with E-state index in [-0.39, 0.29) is 11.2 Å². The molecule has 24 heavy (non-hydrogen) atoms. The number of para-hydroxylation sites is 1. The minimum atomic E-state index is -0.315. The van der Waals surface area contributed by atoms with Gasteiger partial charge in [0.25, 0.3) is 0 Å². The van der Waals surface area contributed by atoms with Crippen molar-refractivity contribution in [3.05, 3.63) is 30.1 Å². The molecule has 2 heterocycles. The third kappa shape index (κ3) is 4.03. The first-order valence-electron chi connectivity index (χ1n) is 7.97. The zero-order valence-electron chi connectivity index (χ0n) is 13.9. The lowest BCUT2D eigenvalue weighted by Gasteiger charge is -2.26. The van der Waals surface area contributed by atoms with Gasteiger partial charge in [0.2, 0.25) is 0 Å². The Balaban J connectivity index is 1.88. The second kappa shape index (κ2) is 7.92. The summed E-state index contributed by atoms with van der Waals surface area (Å²) in [5, 5.41) is 1.47. The standard InChI is InChI=1S/C17H21N3O3S/c1-12(17(21)22-2)24-16-13-5-3-4-6-14(13)18-15(19-16)11-20-7-9-23-10-8-20/h3-6,12H,7-11H2,1-2H3. The van der Waals surface area contributed by atoms with Gasteiger partial charge in [0.05, 0.1) is 32.4 Å². The van der Waals surface area contributed by atoms with Gasteiger partial charge in [-0.05, 0) is 13.0 Å². The van der Waals surface area contributed by atoms with Gasteiger partial charge in [-0.3, -0.25) is 9.69 Å². The molecule has 0 N–H and O–H groups in total. The zero-order chi connectivity index (χ0) is 16.9. The summed E-state index contributed by atoms with van der Waals surface area (Å²) in [7, 11) is 1.40. The molecule has 128 valence electrons. The van der Waals surface area contributed by atoms with Crippen LogP contribution in [-0.4, -0.2) is 59.5 Å². The van der Waals surface area contributed by atoms with Gasteiger partial charge in [-0.15, -0.1) is 0 Å². The monoisotopic (exact) mass is 347 g/mol. The van der Waals surface area contributed by atoms with Crippen LogP contribution in [-0.2, 0) is 20.8 Å². The predicted octanol–water partition coefficient (Wildman–Crippen LogP) is 2.12. The first kappa shape index (κ1) is 17.1. The van der Waals surface area contributed by atoms with Gasteiger partial charge in [0.15, 0.2) is 0 Å². The van der Waals surface area contributed by atoms with Crippen LogP contribution in [0.4, 0.5) is 0 Å². The molecule has 1 fully saturated rings. The lowest BCUT2D eigenvalue weighted by Crippen LogP contribution is -2.36. The van der Waals surface area contributed by atoms with E-state index in [1.807, 2.05) is 31.2 Å². The largest absolute Gasteiger partial charge is 0.468 e. The molecule has 3 rings (SSSR count). The summed E-state index contributed by atoms with van der Waals surface area (Å²) >= 11 is 1.41.